The summed E-state index contributed by atoms with van der Waals surface area (Å²) in [6.45, 7) is 3.53. The van der Waals surface area contributed by atoms with Crippen LogP contribution in [0.15, 0.2) is 35.7 Å². The number of nitrogens with one attached hydrogen (secondary N) is 1. The molecule has 0 amide bonds. The Hall–Kier alpha value is -4.04. The Kier molecular flexibility index (Phi) is 5.89. The number of carbonyl (C=O) groups is 1. The van der Waals surface area contributed by atoms with Crippen LogP contribution in [0.5, 0.6) is 11.6 Å². The number of ether oxygens (including phenoxy) is 2. The van der Waals surface area contributed by atoms with Crippen LogP contribution in [0.4, 0.5) is 5.69 Å². The average Bonchev–Trinajstić information content (AvgIpc) is 2.75. The van der Waals surface area contributed by atoms with Gasteiger partial charge in [0.2, 0.25) is 5.88 Å². The van der Waals surface area contributed by atoms with Gasteiger partial charge in [-0.15, -0.1) is 0 Å². The van der Waals surface area contributed by atoms with Crippen molar-refractivity contribution in [3.05, 3.63) is 57.9 Å². The van der Waals surface area contributed by atoms with Crippen molar-refractivity contribution in [1.82, 2.24) is 4.98 Å². The van der Waals surface area contributed by atoms with E-state index < -0.39 is 11.9 Å². The van der Waals surface area contributed by atoms with E-state index in [2.05, 4.69) is 16.4 Å². The molecule has 0 spiro atoms. The van der Waals surface area contributed by atoms with E-state index in [1.54, 1.807) is 25.1 Å². The number of carbonyl (C=O) groups excluding carboxylic acids is 1. The zero-order valence-electron chi connectivity index (χ0n) is 16.8. The molecular formula is C22H20N4O4. The highest BCUT2D eigenvalue weighted by Crippen LogP contribution is 2.48. The van der Waals surface area contributed by atoms with Crippen molar-refractivity contribution in [2.45, 2.75) is 26.2 Å². The summed E-state index contributed by atoms with van der Waals surface area (Å²) in [5.41, 5.74) is 3.64. The molecular weight excluding hydrogens is 384 g/mol. The lowest BCUT2D eigenvalue weighted by Crippen LogP contribution is -2.26. The molecule has 0 saturated heterocycles. The fourth-order valence-corrected chi connectivity index (χ4v) is 3.54. The molecule has 0 radical (unpaired) electrons. The number of nitrogens with zero attached hydrogens (tertiary/aromatic N) is 3. The highest BCUT2D eigenvalue weighted by molar-refractivity contribution is 5.95. The first kappa shape index (κ1) is 20.7. The molecule has 0 fully saturated rings. The highest BCUT2D eigenvalue weighted by atomic mass is 16.5. The molecule has 1 aliphatic rings. The first-order valence-corrected chi connectivity index (χ1v) is 9.21. The molecule has 0 bridgehead atoms. The third-order valence-corrected chi connectivity index (χ3v) is 4.92. The number of pyridine rings is 1. The zero-order chi connectivity index (χ0) is 21.8. The fourth-order valence-electron chi connectivity index (χ4n) is 3.54. The van der Waals surface area contributed by atoms with Crippen LogP contribution in [0.3, 0.4) is 0 Å². The van der Waals surface area contributed by atoms with Crippen LogP contribution in [-0.2, 0) is 9.53 Å². The van der Waals surface area contributed by atoms with Crippen molar-refractivity contribution in [3.8, 4) is 23.8 Å². The van der Waals surface area contributed by atoms with Crippen molar-refractivity contribution >= 4 is 11.7 Å². The fraction of sp³-hybridized carbons (Fsp3) is 0.273. The molecule has 2 N–H and O–H groups in total. The van der Waals surface area contributed by atoms with E-state index in [4.69, 9.17) is 14.7 Å². The van der Waals surface area contributed by atoms with Gasteiger partial charge >= 0.3 is 5.97 Å². The lowest BCUT2D eigenvalue weighted by atomic mass is 9.79. The van der Waals surface area contributed by atoms with Crippen LogP contribution in [0.2, 0.25) is 0 Å². The van der Waals surface area contributed by atoms with Crippen LogP contribution in [-0.4, -0.2) is 29.8 Å². The Morgan fingerprint density at radius 2 is 2.10 bits per heavy atom. The number of allylic oxidation sites excluding steroid dienone is 1. The van der Waals surface area contributed by atoms with E-state index in [9.17, 15) is 15.2 Å². The van der Waals surface area contributed by atoms with Gasteiger partial charge in [-0.2, -0.15) is 10.5 Å². The SMILES string of the molecule is COc1cc(C#N)ccc1C1C(C(=O)OCCC#N)=C(C)Nc2c(C)cnc(O)c21. The number of methoxy groups -OCH3 is 1. The van der Waals surface area contributed by atoms with Crippen molar-refractivity contribution in [2.24, 2.45) is 0 Å². The van der Waals surface area contributed by atoms with Gasteiger partial charge in [0.05, 0.1) is 54.0 Å². The minimum atomic E-state index is -0.745. The normalized spacial score (nSPS) is 14.8. The first-order valence-electron chi connectivity index (χ1n) is 9.21. The summed E-state index contributed by atoms with van der Waals surface area (Å²) in [7, 11) is 1.47. The molecule has 2 heterocycles. The van der Waals surface area contributed by atoms with Gasteiger partial charge in [-0.05, 0) is 31.5 Å². The Labute approximate surface area is 174 Å². The topological polar surface area (TPSA) is 128 Å². The van der Waals surface area contributed by atoms with Gasteiger partial charge in [-0.25, -0.2) is 9.78 Å². The highest BCUT2D eigenvalue weighted by Gasteiger charge is 2.38. The molecule has 8 nitrogen and oxygen atoms in total. The summed E-state index contributed by atoms with van der Waals surface area (Å²) in [5, 5.41) is 31.7. The van der Waals surface area contributed by atoms with Gasteiger partial charge < -0.3 is 19.9 Å². The molecule has 8 heteroatoms. The van der Waals surface area contributed by atoms with Crippen molar-refractivity contribution < 1.29 is 19.4 Å². The molecule has 3 rings (SSSR count). The quantitative estimate of drug-likeness (QED) is 0.574. The smallest absolute Gasteiger partial charge is 0.336 e. The molecule has 0 saturated carbocycles. The second-order valence-corrected chi connectivity index (χ2v) is 6.76. The number of fused-ring (bicyclic) bond motifs is 1. The summed E-state index contributed by atoms with van der Waals surface area (Å²) in [6.07, 6.45) is 1.61. The monoisotopic (exact) mass is 404 g/mol. The van der Waals surface area contributed by atoms with Crippen LogP contribution in [0.1, 0.15) is 41.5 Å². The number of hydrogen-bond donors (Lipinski definition) is 2. The molecule has 1 unspecified atom stereocenters. The summed E-state index contributed by atoms with van der Waals surface area (Å²) in [4.78, 5) is 17.0. The number of esters is 1. The maximum Gasteiger partial charge on any atom is 0.336 e. The lowest BCUT2D eigenvalue weighted by molar-refractivity contribution is -0.139. The number of aromatic nitrogens is 1. The number of nitriles is 2. The number of aromatic hydroxyl groups is 1. The van der Waals surface area contributed by atoms with E-state index in [1.165, 1.54) is 13.3 Å². The third kappa shape index (κ3) is 3.63. The molecule has 1 aromatic carbocycles. The molecule has 1 aromatic heterocycles. The largest absolute Gasteiger partial charge is 0.496 e. The zero-order valence-corrected chi connectivity index (χ0v) is 16.8. The first-order chi connectivity index (χ1) is 14.4. The molecule has 0 aliphatic carbocycles. The van der Waals surface area contributed by atoms with Gasteiger partial charge in [0.25, 0.3) is 0 Å². The second-order valence-electron chi connectivity index (χ2n) is 6.76. The minimum Gasteiger partial charge on any atom is -0.496 e. The maximum atomic E-state index is 13.0. The van der Waals surface area contributed by atoms with Gasteiger partial charge in [-0.3, -0.25) is 0 Å². The van der Waals surface area contributed by atoms with Crippen LogP contribution < -0.4 is 10.1 Å². The van der Waals surface area contributed by atoms with E-state index in [-0.39, 0.29) is 24.5 Å². The molecule has 152 valence electrons. The Morgan fingerprint density at radius 3 is 2.77 bits per heavy atom. The number of anilines is 1. The van der Waals surface area contributed by atoms with Gasteiger partial charge in [0, 0.05) is 17.5 Å². The summed E-state index contributed by atoms with van der Waals surface area (Å²) < 4.78 is 10.8. The summed E-state index contributed by atoms with van der Waals surface area (Å²) in [6, 6.07) is 8.88. The van der Waals surface area contributed by atoms with E-state index in [0.29, 0.717) is 33.8 Å². The number of rotatable bonds is 5. The standard InChI is InChI=1S/C22H20N4O4/c1-12-11-25-21(27)19-18(15-6-5-14(10-24)9-16(15)29-3)17(13(2)26-20(12)19)22(28)30-8-4-7-23/h5-6,9,11,18,26H,4,8H2,1-3H3,(H,25,27). The van der Waals surface area contributed by atoms with Gasteiger partial charge in [0.1, 0.15) is 12.4 Å². The Balaban J connectivity index is 2.25. The number of benzene rings is 1. The second kappa shape index (κ2) is 8.54. The lowest BCUT2D eigenvalue weighted by Gasteiger charge is -2.31. The van der Waals surface area contributed by atoms with E-state index in [1.807, 2.05) is 13.0 Å². The number of hydrogen-bond acceptors (Lipinski definition) is 8. The average molecular weight is 404 g/mol. The van der Waals surface area contributed by atoms with Crippen molar-refractivity contribution in [3.63, 3.8) is 0 Å². The Bertz CT molecular complexity index is 1130. The van der Waals surface area contributed by atoms with E-state index >= 15 is 0 Å². The molecule has 1 atom stereocenters. The predicted octanol–water partition coefficient (Wildman–Crippen LogP) is 3.26. The van der Waals surface area contributed by atoms with Crippen LogP contribution >= 0.6 is 0 Å². The van der Waals surface area contributed by atoms with Crippen molar-refractivity contribution in [2.75, 3.05) is 19.0 Å². The van der Waals surface area contributed by atoms with Crippen LogP contribution in [0.25, 0.3) is 0 Å². The summed E-state index contributed by atoms with van der Waals surface area (Å²) >= 11 is 0. The minimum absolute atomic E-state index is 0.0474. The number of aryl methyl sites for hydroxylation is 1. The van der Waals surface area contributed by atoms with Crippen molar-refractivity contribution in [1.29, 1.82) is 10.5 Å². The maximum absolute atomic E-state index is 13.0. The molecule has 2 aromatic rings. The molecule has 30 heavy (non-hydrogen) atoms. The summed E-state index contributed by atoms with van der Waals surface area (Å²) in [5.74, 6) is -1.19. The predicted molar refractivity (Wildman–Crippen MR) is 108 cm³/mol. The van der Waals surface area contributed by atoms with Gasteiger partial charge in [-0.1, -0.05) is 6.07 Å². The third-order valence-electron chi connectivity index (χ3n) is 4.92. The van der Waals surface area contributed by atoms with Gasteiger partial charge in [0.15, 0.2) is 0 Å². The Morgan fingerprint density at radius 1 is 1.33 bits per heavy atom. The van der Waals surface area contributed by atoms with E-state index in [0.717, 1.165) is 5.56 Å². The molecule has 1 aliphatic heterocycles. The van der Waals surface area contributed by atoms with Crippen LogP contribution in [0, 0.1) is 29.6 Å².